The molecule has 1 saturated carbocycles. The average Bonchev–Trinajstić information content (AvgIpc) is 3.35. The highest BCUT2D eigenvalue weighted by Crippen LogP contribution is 2.27. The normalized spacial score (nSPS) is 24.3. The van der Waals surface area contributed by atoms with E-state index in [1.165, 1.54) is 32.1 Å². The minimum absolute atomic E-state index is 0. The van der Waals surface area contributed by atoms with Crippen LogP contribution in [0.1, 0.15) is 52.0 Å². The fourth-order valence-corrected chi connectivity index (χ4v) is 4.36. The molecular weight excluding hydrogens is 451 g/mol. The van der Waals surface area contributed by atoms with Gasteiger partial charge in [-0.2, -0.15) is 0 Å². The monoisotopic (exact) mass is 488 g/mol. The molecule has 1 aliphatic carbocycles. The van der Waals surface area contributed by atoms with E-state index in [1.807, 2.05) is 12.5 Å². The molecule has 2 unspecified atom stereocenters. The zero-order chi connectivity index (χ0) is 18.4. The van der Waals surface area contributed by atoms with Crippen LogP contribution in [0.4, 0.5) is 0 Å². The van der Waals surface area contributed by atoms with Gasteiger partial charge in [0.25, 0.3) is 0 Å². The summed E-state index contributed by atoms with van der Waals surface area (Å²) in [5, 5.41) is 3.51. The zero-order valence-corrected chi connectivity index (χ0v) is 19.5. The Bertz CT molecular complexity index is 555. The summed E-state index contributed by atoms with van der Waals surface area (Å²) in [6.07, 6.45) is 12.6. The molecule has 1 aromatic rings. The van der Waals surface area contributed by atoms with Crippen LogP contribution in [0.15, 0.2) is 23.7 Å². The molecule has 2 heterocycles. The van der Waals surface area contributed by atoms with Gasteiger partial charge in [0, 0.05) is 44.6 Å². The van der Waals surface area contributed by atoms with E-state index in [9.17, 15) is 0 Å². The van der Waals surface area contributed by atoms with Crippen molar-refractivity contribution < 1.29 is 0 Å². The number of likely N-dealkylation sites (tertiary alicyclic amines) is 1. The summed E-state index contributed by atoms with van der Waals surface area (Å²) in [6, 6.07) is 1.24. The van der Waals surface area contributed by atoms with Crippen molar-refractivity contribution in [3.05, 3.63) is 18.7 Å². The molecule has 0 radical (unpaired) electrons. The average molecular weight is 488 g/mol. The van der Waals surface area contributed by atoms with Crippen LogP contribution in [-0.2, 0) is 0 Å². The van der Waals surface area contributed by atoms with Gasteiger partial charge in [0.15, 0.2) is 5.96 Å². The van der Waals surface area contributed by atoms with Gasteiger partial charge >= 0.3 is 0 Å². The van der Waals surface area contributed by atoms with Gasteiger partial charge in [0.05, 0.1) is 18.9 Å². The molecule has 1 aromatic heterocycles. The quantitative estimate of drug-likeness (QED) is 0.380. The van der Waals surface area contributed by atoms with Crippen molar-refractivity contribution in [2.24, 2.45) is 10.9 Å². The molecule has 7 heteroatoms. The first-order chi connectivity index (χ1) is 12.7. The van der Waals surface area contributed by atoms with Crippen LogP contribution in [0.3, 0.4) is 0 Å². The smallest absolute Gasteiger partial charge is 0.194 e. The number of aliphatic imine (C=N–C) groups is 1. The lowest BCUT2D eigenvalue weighted by molar-refractivity contribution is 0.188. The second kappa shape index (κ2) is 11.2. The third kappa shape index (κ3) is 6.07. The van der Waals surface area contributed by atoms with Crippen molar-refractivity contribution >= 4 is 29.9 Å². The van der Waals surface area contributed by atoms with Gasteiger partial charge in [-0.25, -0.2) is 4.98 Å². The Balaban J connectivity index is 0.00000261. The Labute approximate surface area is 181 Å². The molecule has 3 rings (SSSR count). The van der Waals surface area contributed by atoms with E-state index in [4.69, 9.17) is 4.99 Å². The molecular formula is C20H37IN6. The predicted octanol–water partition coefficient (Wildman–Crippen LogP) is 3.22. The van der Waals surface area contributed by atoms with Crippen LogP contribution >= 0.6 is 24.0 Å². The standard InChI is InChI=1S/C20H36N6.HI/c1-4-22-20(23-11-13-24(3)18-7-5-6-8-18)25-12-9-17(2)19(15-25)26-14-10-21-16-26;/h10,14,16-19H,4-9,11-13,15H2,1-3H3,(H,22,23);1H. The second-order valence-electron chi connectivity index (χ2n) is 7.94. The highest BCUT2D eigenvalue weighted by atomic mass is 127. The number of halogens is 1. The number of likely N-dealkylation sites (N-methyl/N-ethyl adjacent to an activating group) is 1. The summed E-state index contributed by atoms with van der Waals surface area (Å²) in [4.78, 5) is 14.1. The third-order valence-electron chi connectivity index (χ3n) is 6.12. The fourth-order valence-electron chi connectivity index (χ4n) is 4.36. The highest BCUT2D eigenvalue weighted by Gasteiger charge is 2.29. The van der Waals surface area contributed by atoms with Gasteiger partial charge in [0.1, 0.15) is 0 Å². The summed E-state index contributed by atoms with van der Waals surface area (Å²) >= 11 is 0. The van der Waals surface area contributed by atoms with E-state index in [0.29, 0.717) is 12.0 Å². The fraction of sp³-hybridized carbons (Fsp3) is 0.800. The number of piperidine rings is 1. The number of rotatable bonds is 6. The van der Waals surface area contributed by atoms with Crippen molar-refractivity contribution in [2.45, 2.75) is 58.0 Å². The summed E-state index contributed by atoms with van der Waals surface area (Å²) in [5.74, 6) is 1.74. The Kier molecular flexibility index (Phi) is 9.35. The van der Waals surface area contributed by atoms with Crippen molar-refractivity contribution in [3.8, 4) is 0 Å². The van der Waals surface area contributed by atoms with Gasteiger partial charge < -0.3 is 19.7 Å². The SMILES string of the molecule is CCNC(=NCCN(C)C1CCCC1)N1CCC(C)C(n2ccnc2)C1.I. The second-order valence-corrected chi connectivity index (χ2v) is 7.94. The van der Waals surface area contributed by atoms with Crippen LogP contribution in [0.25, 0.3) is 0 Å². The molecule has 154 valence electrons. The molecule has 2 atom stereocenters. The van der Waals surface area contributed by atoms with E-state index in [0.717, 1.165) is 44.7 Å². The Hall–Kier alpha value is -0.830. The predicted molar refractivity (Wildman–Crippen MR) is 123 cm³/mol. The first-order valence-corrected chi connectivity index (χ1v) is 10.4. The number of aromatic nitrogens is 2. The molecule has 2 fully saturated rings. The minimum Gasteiger partial charge on any atom is -0.357 e. The summed E-state index contributed by atoms with van der Waals surface area (Å²) in [5.41, 5.74) is 0. The van der Waals surface area contributed by atoms with Crippen LogP contribution in [0.2, 0.25) is 0 Å². The maximum Gasteiger partial charge on any atom is 0.194 e. The lowest BCUT2D eigenvalue weighted by Gasteiger charge is -2.39. The molecule has 6 nitrogen and oxygen atoms in total. The molecule has 0 aromatic carbocycles. The van der Waals surface area contributed by atoms with Crippen molar-refractivity contribution in [3.63, 3.8) is 0 Å². The lowest BCUT2D eigenvalue weighted by atomic mass is 9.93. The molecule has 1 N–H and O–H groups in total. The van der Waals surface area contributed by atoms with E-state index >= 15 is 0 Å². The third-order valence-corrected chi connectivity index (χ3v) is 6.12. The molecule has 27 heavy (non-hydrogen) atoms. The van der Waals surface area contributed by atoms with Crippen molar-refractivity contribution in [1.29, 1.82) is 0 Å². The lowest BCUT2D eigenvalue weighted by Crippen LogP contribution is -2.49. The number of nitrogens with zero attached hydrogens (tertiary/aromatic N) is 5. The molecule has 1 saturated heterocycles. The van der Waals surface area contributed by atoms with Gasteiger partial charge in [-0.3, -0.25) is 4.99 Å². The first kappa shape index (κ1) is 22.5. The largest absolute Gasteiger partial charge is 0.357 e. The number of nitrogens with one attached hydrogen (secondary N) is 1. The maximum atomic E-state index is 4.95. The number of imidazole rings is 1. The zero-order valence-electron chi connectivity index (χ0n) is 17.2. The van der Waals surface area contributed by atoms with Gasteiger partial charge in [0.2, 0.25) is 0 Å². The first-order valence-electron chi connectivity index (χ1n) is 10.4. The van der Waals surface area contributed by atoms with E-state index in [1.54, 1.807) is 0 Å². The molecule has 0 spiro atoms. The Morgan fingerprint density at radius 2 is 2.07 bits per heavy atom. The maximum absolute atomic E-state index is 4.95. The number of hydrogen-bond donors (Lipinski definition) is 1. The Morgan fingerprint density at radius 1 is 1.30 bits per heavy atom. The van der Waals surface area contributed by atoms with Gasteiger partial charge in [-0.05, 0) is 39.2 Å². The van der Waals surface area contributed by atoms with Crippen LogP contribution in [0, 0.1) is 5.92 Å². The van der Waals surface area contributed by atoms with Gasteiger partial charge in [-0.1, -0.05) is 19.8 Å². The van der Waals surface area contributed by atoms with Crippen LogP contribution in [-0.4, -0.2) is 71.1 Å². The summed E-state index contributed by atoms with van der Waals surface area (Å²) in [7, 11) is 2.26. The molecule has 0 amide bonds. The van der Waals surface area contributed by atoms with E-state index < -0.39 is 0 Å². The van der Waals surface area contributed by atoms with Gasteiger partial charge in [-0.15, -0.1) is 24.0 Å². The number of hydrogen-bond acceptors (Lipinski definition) is 3. The Morgan fingerprint density at radius 3 is 2.74 bits per heavy atom. The topological polar surface area (TPSA) is 48.7 Å². The summed E-state index contributed by atoms with van der Waals surface area (Å²) < 4.78 is 2.26. The van der Waals surface area contributed by atoms with Crippen LogP contribution < -0.4 is 5.32 Å². The highest BCUT2D eigenvalue weighted by molar-refractivity contribution is 14.0. The van der Waals surface area contributed by atoms with Crippen LogP contribution in [0.5, 0.6) is 0 Å². The molecule has 1 aliphatic heterocycles. The van der Waals surface area contributed by atoms with Crippen molar-refractivity contribution in [1.82, 2.24) is 24.7 Å². The van der Waals surface area contributed by atoms with Crippen molar-refractivity contribution in [2.75, 3.05) is 39.8 Å². The molecule has 2 aliphatic rings. The minimum atomic E-state index is 0. The molecule has 0 bridgehead atoms. The summed E-state index contributed by atoms with van der Waals surface area (Å²) in [6.45, 7) is 9.42. The number of guanidine groups is 1. The van der Waals surface area contributed by atoms with E-state index in [-0.39, 0.29) is 24.0 Å². The van der Waals surface area contributed by atoms with E-state index in [2.05, 4.69) is 51.8 Å².